The van der Waals surface area contributed by atoms with Crippen LogP contribution in [0.1, 0.15) is 0 Å². The smallest absolute Gasteiger partial charge is 0.871 e. The second kappa shape index (κ2) is 4.80. The Hall–Kier alpha value is 0.890. The van der Waals surface area contributed by atoms with Crippen molar-refractivity contribution in [2.45, 2.75) is 0 Å². The monoisotopic (exact) mass is 218 g/mol. The third-order valence-corrected chi connectivity index (χ3v) is 1.96. The van der Waals surface area contributed by atoms with Crippen LogP contribution in [-0.2, 0) is 0 Å². The summed E-state index contributed by atoms with van der Waals surface area (Å²) in [4.78, 5) is 0. The van der Waals surface area contributed by atoms with Crippen molar-refractivity contribution in [3.05, 3.63) is 27.2 Å². The van der Waals surface area contributed by atoms with Gasteiger partial charge in [0.2, 0.25) is 0 Å². The first-order chi connectivity index (χ1) is 4.61. The molecule has 0 saturated heterocycles. The molecule has 54 valence electrons. The summed E-state index contributed by atoms with van der Waals surface area (Å²) in [7, 11) is 0. The zero-order valence-electron chi connectivity index (χ0n) is 5.70. The van der Waals surface area contributed by atoms with Gasteiger partial charge in [-0.25, -0.2) is 0 Å². The molecule has 0 atom stereocenters. The molecule has 0 bridgehead atoms. The van der Waals surface area contributed by atoms with Crippen LogP contribution in [0.5, 0.6) is 5.75 Å². The van der Waals surface area contributed by atoms with Crippen molar-refractivity contribution < 1.29 is 34.7 Å². The molecule has 0 fully saturated rings. The van der Waals surface area contributed by atoms with Gasteiger partial charge >= 0.3 is 29.6 Å². The molecule has 1 aromatic carbocycles. The quantitative estimate of drug-likeness (QED) is 0.435. The minimum Gasteiger partial charge on any atom is -0.871 e. The molecular formula is C6H2Cl3NaO. The average Bonchev–Trinajstić information content (AvgIpc) is 1.82. The Bertz CT molecular complexity index is 241. The van der Waals surface area contributed by atoms with Gasteiger partial charge in [-0.1, -0.05) is 40.6 Å². The second-order valence-corrected chi connectivity index (χ2v) is 2.92. The zero-order chi connectivity index (χ0) is 7.72. The molecule has 1 aromatic rings. The number of hydrogen-bond donors (Lipinski definition) is 0. The van der Waals surface area contributed by atoms with Gasteiger partial charge in [-0.2, -0.15) is 0 Å². The first-order valence-electron chi connectivity index (χ1n) is 2.43. The molecule has 0 saturated carbocycles. The maximum atomic E-state index is 10.8. The summed E-state index contributed by atoms with van der Waals surface area (Å²) in [6.45, 7) is 0. The van der Waals surface area contributed by atoms with Crippen LogP contribution in [0.2, 0.25) is 15.1 Å². The van der Waals surface area contributed by atoms with E-state index in [1.54, 1.807) is 0 Å². The summed E-state index contributed by atoms with van der Waals surface area (Å²) in [5.74, 6) is -0.348. The molecule has 0 amide bonds. The van der Waals surface area contributed by atoms with Gasteiger partial charge in [-0.3, -0.25) is 0 Å². The van der Waals surface area contributed by atoms with Crippen molar-refractivity contribution in [1.82, 2.24) is 0 Å². The van der Waals surface area contributed by atoms with Crippen molar-refractivity contribution in [3.8, 4) is 5.75 Å². The molecule has 11 heavy (non-hydrogen) atoms. The van der Waals surface area contributed by atoms with Crippen LogP contribution in [0.4, 0.5) is 0 Å². The van der Waals surface area contributed by atoms with E-state index in [0.29, 0.717) is 5.02 Å². The van der Waals surface area contributed by atoms with E-state index in [1.807, 2.05) is 0 Å². The number of halogens is 3. The largest absolute Gasteiger partial charge is 1.00 e. The van der Waals surface area contributed by atoms with E-state index in [1.165, 1.54) is 12.1 Å². The van der Waals surface area contributed by atoms with Crippen LogP contribution in [0, 0.1) is 0 Å². The molecule has 0 aromatic heterocycles. The van der Waals surface area contributed by atoms with Crippen LogP contribution in [-0.4, -0.2) is 0 Å². The van der Waals surface area contributed by atoms with E-state index in [9.17, 15) is 5.11 Å². The molecular weight excluding hydrogens is 217 g/mol. The molecule has 0 aliphatic heterocycles. The number of benzene rings is 1. The van der Waals surface area contributed by atoms with E-state index >= 15 is 0 Å². The molecule has 1 nitrogen and oxygen atoms in total. The van der Waals surface area contributed by atoms with Crippen LogP contribution >= 0.6 is 34.8 Å². The third kappa shape index (κ3) is 3.02. The minimum atomic E-state index is -0.348. The predicted molar refractivity (Wildman–Crippen MR) is 40.9 cm³/mol. The normalized spacial score (nSPS) is 9.00. The predicted octanol–water partition coefficient (Wildman–Crippen LogP) is -0.276. The van der Waals surface area contributed by atoms with Crippen LogP contribution in [0.15, 0.2) is 12.1 Å². The first-order valence-corrected chi connectivity index (χ1v) is 3.56. The summed E-state index contributed by atoms with van der Waals surface area (Å²) in [5.41, 5.74) is 0. The molecule has 0 aliphatic carbocycles. The molecule has 5 heteroatoms. The number of hydrogen-bond acceptors (Lipinski definition) is 1. The molecule has 0 heterocycles. The fraction of sp³-hybridized carbons (Fsp3) is 0. The van der Waals surface area contributed by atoms with Crippen LogP contribution in [0.25, 0.3) is 0 Å². The fourth-order valence-electron chi connectivity index (χ4n) is 0.532. The van der Waals surface area contributed by atoms with Gasteiger partial charge in [0.25, 0.3) is 0 Å². The van der Waals surface area contributed by atoms with Gasteiger partial charge in [0.1, 0.15) is 0 Å². The average molecular weight is 219 g/mol. The van der Waals surface area contributed by atoms with Crippen molar-refractivity contribution in [2.24, 2.45) is 0 Å². The SMILES string of the molecule is [Na+].[O-]c1cc(Cl)cc(Cl)c1Cl. The van der Waals surface area contributed by atoms with Gasteiger partial charge in [0.05, 0.1) is 10.0 Å². The van der Waals surface area contributed by atoms with Gasteiger partial charge < -0.3 is 5.11 Å². The number of rotatable bonds is 0. The summed E-state index contributed by atoms with van der Waals surface area (Å²) in [5, 5.41) is 11.3. The van der Waals surface area contributed by atoms with Crippen molar-refractivity contribution >= 4 is 34.8 Å². The zero-order valence-corrected chi connectivity index (χ0v) is 9.96. The van der Waals surface area contributed by atoms with E-state index in [-0.39, 0.29) is 45.4 Å². The van der Waals surface area contributed by atoms with E-state index < -0.39 is 0 Å². The minimum absolute atomic E-state index is 0. The molecule has 1 rings (SSSR count). The molecule has 0 spiro atoms. The second-order valence-electron chi connectivity index (χ2n) is 1.70. The maximum Gasteiger partial charge on any atom is 1.00 e. The summed E-state index contributed by atoms with van der Waals surface area (Å²) in [6.07, 6.45) is 0. The van der Waals surface area contributed by atoms with E-state index in [2.05, 4.69) is 0 Å². The maximum absolute atomic E-state index is 10.8. The summed E-state index contributed by atoms with van der Waals surface area (Å²) >= 11 is 16.4. The molecule has 0 N–H and O–H groups in total. The Labute approximate surface area is 102 Å². The topological polar surface area (TPSA) is 23.1 Å². The Morgan fingerprint density at radius 1 is 1.09 bits per heavy atom. The van der Waals surface area contributed by atoms with Crippen molar-refractivity contribution in [3.63, 3.8) is 0 Å². The molecule has 0 unspecified atom stereocenters. The van der Waals surface area contributed by atoms with E-state index in [4.69, 9.17) is 34.8 Å². The van der Waals surface area contributed by atoms with E-state index in [0.717, 1.165) is 0 Å². The van der Waals surface area contributed by atoms with Gasteiger partial charge in [-0.05, 0) is 12.1 Å². The van der Waals surface area contributed by atoms with Crippen LogP contribution in [0.3, 0.4) is 0 Å². The summed E-state index contributed by atoms with van der Waals surface area (Å²) in [6, 6.07) is 2.64. The third-order valence-electron chi connectivity index (χ3n) is 0.960. The Morgan fingerprint density at radius 3 is 2.09 bits per heavy atom. The van der Waals surface area contributed by atoms with Crippen LogP contribution < -0.4 is 34.7 Å². The van der Waals surface area contributed by atoms with Gasteiger partial charge in [0.15, 0.2) is 0 Å². The Morgan fingerprint density at radius 2 is 1.64 bits per heavy atom. The molecule has 0 aliphatic rings. The Balaban J connectivity index is 0.000001000. The molecule has 0 radical (unpaired) electrons. The summed E-state index contributed by atoms with van der Waals surface area (Å²) < 4.78 is 0. The Kier molecular flexibility index (Phi) is 5.19. The fourth-order valence-corrected chi connectivity index (χ4v) is 1.12. The van der Waals surface area contributed by atoms with Crippen molar-refractivity contribution in [1.29, 1.82) is 0 Å². The van der Waals surface area contributed by atoms with Crippen molar-refractivity contribution in [2.75, 3.05) is 0 Å². The van der Waals surface area contributed by atoms with Gasteiger partial charge in [0, 0.05) is 5.02 Å². The van der Waals surface area contributed by atoms with Gasteiger partial charge in [-0.15, -0.1) is 0 Å². The first kappa shape index (κ1) is 11.9. The standard InChI is InChI=1S/C6H3Cl3O.Na/c7-3-1-4(8)6(9)5(10)2-3;/h1-2,10H;/q;+1/p-1.